The van der Waals surface area contributed by atoms with Gasteiger partial charge in [0.1, 0.15) is 11.9 Å². The van der Waals surface area contributed by atoms with Gasteiger partial charge in [-0.25, -0.2) is 14.4 Å². The summed E-state index contributed by atoms with van der Waals surface area (Å²) in [6, 6.07) is 4.35. The first-order chi connectivity index (χ1) is 15.8. The van der Waals surface area contributed by atoms with E-state index >= 15 is 0 Å². The third-order valence-electron chi connectivity index (χ3n) is 5.36. The SMILES string of the molecule is O=CO[C@@H](CNC(=O)C(F)F)CNc1ccc(N2CCN3C(=O)CCC(=O)N3CC2)c(F)c1. The van der Waals surface area contributed by atoms with E-state index in [1.54, 1.807) is 11.0 Å². The van der Waals surface area contributed by atoms with Crippen molar-refractivity contribution in [3.8, 4) is 0 Å². The predicted molar refractivity (Wildman–Crippen MR) is 110 cm³/mol. The van der Waals surface area contributed by atoms with E-state index < -0.39 is 24.3 Å². The minimum absolute atomic E-state index is 0.0566. The van der Waals surface area contributed by atoms with E-state index in [1.165, 1.54) is 22.2 Å². The van der Waals surface area contributed by atoms with Gasteiger partial charge in [0, 0.05) is 31.6 Å². The second-order valence-corrected chi connectivity index (χ2v) is 7.47. The van der Waals surface area contributed by atoms with Crippen LogP contribution in [0.15, 0.2) is 18.2 Å². The Kier molecular flexibility index (Phi) is 7.96. The number of carbonyl (C=O) groups excluding carboxylic acids is 4. The van der Waals surface area contributed by atoms with Crippen molar-refractivity contribution in [2.75, 3.05) is 49.5 Å². The average Bonchev–Trinajstić information content (AvgIpc) is 3.02. The van der Waals surface area contributed by atoms with Gasteiger partial charge in [0.25, 0.3) is 12.4 Å². The number of ether oxygens (including phenoxy) is 1. The van der Waals surface area contributed by atoms with E-state index in [-0.39, 0.29) is 57.3 Å². The van der Waals surface area contributed by atoms with E-state index in [9.17, 15) is 32.3 Å². The maximum absolute atomic E-state index is 14.8. The number of hydrogen-bond acceptors (Lipinski definition) is 7. The molecule has 0 aromatic heterocycles. The molecule has 1 aromatic carbocycles. The van der Waals surface area contributed by atoms with Gasteiger partial charge in [0.05, 0.1) is 31.9 Å². The van der Waals surface area contributed by atoms with Gasteiger partial charge in [0.2, 0.25) is 11.8 Å². The van der Waals surface area contributed by atoms with Crippen molar-refractivity contribution in [1.29, 1.82) is 0 Å². The van der Waals surface area contributed by atoms with Gasteiger partial charge in [-0.1, -0.05) is 0 Å². The third kappa shape index (κ3) is 6.05. The summed E-state index contributed by atoms with van der Waals surface area (Å²) in [5.74, 6) is -2.30. The number of hydrogen-bond donors (Lipinski definition) is 2. The number of anilines is 2. The standard InChI is InChI=1S/C20H24F3N5O5/c21-15-9-13(24-10-14(33-12-29)11-25-20(32)19(22)23)1-2-16(15)26-5-7-27-17(30)3-4-18(31)28(27)8-6-26/h1-2,9,12,14,19,24H,3-8,10-11H2,(H,25,32)/t14-/m1/s1. The highest BCUT2D eigenvalue weighted by Gasteiger charge is 2.34. The smallest absolute Gasteiger partial charge is 0.315 e. The van der Waals surface area contributed by atoms with Crippen molar-refractivity contribution >= 4 is 35.6 Å². The van der Waals surface area contributed by atoms with Crippen LogP contribution < -0.4 is 15.5 Å². The van der Waals surface area contributed by atoms with Crippen LogP contribution in [0.2, 0.25) is 0 Å². The van der Waals surface area contributed by atoms with E-state index in [1.807, 2.05) is 5.32 Å². The molecular weight excluding hydrogens is 447 g/mol. The van der Waals surface area contributed by atoms with Crippen molar-refractivity contribution < 1.29 is 37.1 Å². The molecule has 0 unspecified atom stereocenters. The summed E-state index contributed by atoms with van der Waals surface area (Å²) < 4.78 is 44.1. The molecule has 1 aromatic rings. The van der Waals surface area contributed by atoms with Gasteiger partial charge < -0.3 is 20.3 Å². The molecule has 2 saturated heterocycles. The Bertz CT molecular complexity index is 877. The molecule has 1 atom stereocenters. The molecule has 13 heteroatoms. The highest BCUT2D eigenvalue weighted by molar-refractivity contribution is 5.89. The molecule has 10 nitrogen and oxygen atoms in total. The van der Waals surface area contributed by atoms with Gasteiger partial charge >= 0.3 is 6.43 Å². The number of carbonyl (C=O) groups is 4. The Morgan fingerprint density at radius 1 is 1.06 bits per heavy atom. The average molecular weight is 471 g/mol. The van der Waals surface area contributed by atoms with Crippen LogP contribution in [-0.2, 0) is 23.9 Å². The van der Waals surface area contributed by atoms with Gasteiger partial charge in [-0.2, -0.15) is 8.78 Å². The molecule has 0 spiro atoms. The van der Waals surface area contributed by atoms with Crippen molar-refractivity contribution in [3.63, 3.8) is 0 Å². The number of amides is 3. The summed E-state index contributed by atoms with van der Waals surface area (Å²) in [5, 5.41) is 7.61. The Morgan fingerprint density at radius 3 is 2.24 bits per heavy atom. The van der Waals surface area contributed by atoms with Crippen LogP contribution in [0.1, 0.15) is 12.8 Å². The fraction of sp³-hybridized carbons (Fsp3) is 0.500. The van der Waals surface area contributed by atoms with Crippen LogP contribution in [0, 0.1) is 5.82 Å². The fourth-order valence-corrected chi connectivity index (χ4v) is 3.66. The largest absolute Gasteiger partial charge is 0.461 e. The Morgan fingerprint density at radius 2 is 1.70 bits per heavy atom. The molecule has 2 N–H and O–H groups in total. The van der Waals surface area contributed by atoms with Crippen LogP contribution in [-0.4, -0.2) is 86.0 Å². The van der Waals surface area contributed by atoms with Crippen LogP contribution in [0.25, 0.3) is 0 Å². The van der Waals surface area contributed by atoms with Crippen molar-refractivity contribution in [1.82, 2.24) is 15.3 Å². The lowest BCUT2D eigenvalue weighted by Gasteiger charge is -2.36. The van der Waals surface area contributed by atoms with Crippen molar-refractivity contribution in [2.45, 2.75) is 25.4 Å². The molecule has 0 bridgehead atoms. The van der Waals surface area contributed by atoms with Crippen LogP contribution in [0.4, 0.5) is 24.5 Å². The first-order valence-electron chi connectivity index (χ1n) is 10.3. The number of rotatable bonds is 9. The molecule has 2 aliphatic rings. The molecule has 3 rings (SSSR count). The second-order valence-electron chi connectivity index (χ2n) is 7.47. The zero-order valence-electron chi connectivity index (χ0n) is 17.6. The molecule has 33 heavy (non-hydrogen) atoms. The van der Waals surface area contributed by atoms with E-state index in [4.69, 9.17) is 4.74 Å². The molecule has 180 valence electrons. The zero-order valence-corrected chi connectivity index (χ0v) is 17.6. The molecule has 2 aliphatic heterocycles. The molecule has 0 saturated carbocycles. The number of nitrogens with one attached hydrogen (secondary N) is 2. The Hall–Kier alpha value is -3.51. The summed E-state index contributed by atoms with van der Waals surface area (Å²) in [5.41, 5.74) is 0.642. The highest BCUT2D eigenvalue weighted by Crippen LogP contribution is 2.25. The summed E-state index contributed by atoms with van der Waals surface area (Å²) in [4.78, 5) is 47.6. The number of benzene rings is 1. The summed E-state index contributed by atoms with van der Waals surface area (Å²) in [6.45, 7) is 0.949. The number of fused-ring (bicyclic) bond motifs is 1. The maximum Gasteiger partial charge on any atom is 0.315 e. The van der Waals surface area contributed by atoms with Gasteiger partial charge in [-0.15, -0.1) is 0 Å². The van der Waals surface area contributed by atoms with Gasteiger partial charge in [0.15, 0.2) is 0 Å². The second kappa shape index (κ2) is 10.9. The first kappa shape index (κ1) is 24.1. The topological polar surface area (TPSA) is 111 Å². The summed E-state index contributed by atoms with van der Waals surface area (Å²) >= 11 is 0. The lowest BCUT2D eigenvalue weighted by atomic mass is 10.2. The number of halogens is 3. The third-order valence-corrected chi connectivity index (χ3v) is 5.36. The quantitative estimate of drug-likeness (QED) is 0.500. The van der Waals surface area contributed by atoms with Gasteiger partial charge in [-0.3, -0.25) is 19.2 Å². The predicted octanol–water partition coefficient (Wildman–Crippen LogP) is 0.346. The molecule has 2 fully saturated rings. The minimum atomic E-state index is -3.19. The maximum atomic E-state index is 14.8. The number of nitrogens with zero attached hydrogens (tertiary/aromatic N) is 3. The lowest BCUT2D eigenvalue weighted by Crippen LogP contribution is -2.53. The number of alkyl halides is 2. The summed E-state index contributed by atoms with van der Waals surface area (Å²) in [6.07, 6.45) is -3.79. The lowest BCUT2D eigenvalue weighted by molar-refractivity contribution is -0.169. The molecule has 3 amide bonds. The number of hydrazine groups is 1. The molecule has 0 aliphatic carbocycles. The van der Waals surface area contributed by atoms with Crippen molar-refractivity contribution in [3.05, 3.63) is 24.0 Å². The van der Waals surface area contributed by atoms with E-state index in [2.05, 4.69) is 5.32 Å². The monoisotopic (exact) mass is 471 g/mol. The zero-order chi connectivity index (χ0) is 24.0. The first-order valence-corrected chi connectivity index (χ1v) is 10.3. The van der Waals surface area contributed by atoms with Crippen LogP contribution in [0.5, 0.6) is 0 Å². The van der Waals surface area contributed by atoms with Gasteiger partial charge in [-0.05, 0) is 18.2 Å². The highest BCUT2D eigenvalue weighted by atomic mass is 19.3. The molecular formula is C20H24F3N5O5. The molecule has 2 heterocycles. The van der Waals surface area contributed by atoms with E-state index in [0.29, 0.717) is 24.5 Å². The van der Waals surface area contributed by atoms with Crippen LogP contribution in [0.3, 0.4) is 0 Å². The minimum Gasteiger partial charge on any atom is -0.461 e. The Balaban J connectivity index is 1.60. The normalized spacial score (nSPS) is 17.4. The Labute approximate surface area is 187 Å². The van der Waals surface area contributed by atoms with Crippen LogP contribution >= 0.6 is 0 Å². The molecule has 0 radical (unpaired) electrons. The summed E-state index contributed by atoms with van der Waals surface area (Å²) in [7, 11) is 0. The van der Waals surface area contributed by atoms with Crippen molar-refractivity contribution in [2.24, 2.45) is 0 Å². The fourth-order valence-electron chi connectivity index (χ4n) is 3.66. The van der Waals surface area contributed by atoms with E-state index in [0.717, 1.165) is 0 Å².